The zero-order valence-corrected chi connectivity index (χ0v) is 24.2. The molecule has 0 spiro atoms. The first kappa shape index (κ1) is 36.2. The topological polar surface area (TPSA) is 292 Å². The molecule has 0 fully saturated rings. The fraction of sp³-hybridized carbons (Fsp3) is 0.500. The van der Waals surface area contributed by atoms with Gasteiger partial charge in [-0.2, -0.15) is 0 Å². The second-order valence-corrected chi connectivity index (χ2v) is 12.7. The third-order valence-electron chi connectivity index (χ3n) is 6.76. The largest absolute Gasteiger partial charge is 0.810 e. The predicted molar refractivity (Wildman–Crippen MR) is 140 cm³/mol. The molecule has 9 N–H and O–H groups in total. The third kappa shape index (κ3) is 9.77. The van der Waals surface area contributed by atoms with Gasteiger partial charge in [0.05, 0.1) is 58.0 Å². The molecule has 2 aromatic rings. The molecule has 0 radical (unpaired) electrons. The fourth-order valence-corrected chi connectivity index (χ4v) is 6.33. The minimum atomic E-state index is -5.44. The molecule has 3 unspecified atom stereocenters. The Hall–Kier alpha value is -1.98. The Bertz CT molecular complexity index is 1280. The van der Waals surface area contributed by atoms with Gasteiger partial charge in [0.25, 0.3) is 0 Å². The van der Waals surface area contributed by atoms with Crippen molar-refractivity contribution >= 4 is 15.2 Å². The number of hydrogen-bond acceptors (Lipinski definition) is 15. The molecule has 2 rings (SSSR count). The van der Waals surface area contributed by atoms with Gasteiger partial charge in [-0.25, -0.2) is 0 Å². The molecule has 0 aliphatic carbocycles. The quantitative estimate of drug-likeness (QED) is 0.0759. The molecule has 2 aromatic carbocycles. The number of benzene rings is 2. The van der Waals surface area contributed by atoms with Gasteiger partial charge in [-0.15, -0.1) is 0 Å². The normalized spacial score (nSPS) is 15.2. The van der Waals surface area contributed by atoms with Crippen LogP contribution in [0.3, 0.4) is 0 Å². The standard InChI is InChI=1S/C24H38N2O14P2/c27-7-15-3-17(9-29)18(24(34)4-15)5-25(13-41(35,36)37)21(11-31)22(12-32)26(14-42(38,39)40)6-19-20(10-30)16(8-28)1-2-23(19)33/h1-4,21-22,27-34H,5-14H2,(H2,35,36,37)(H2,38,39,40)/p-3. The maximum atomic E-state index is 12.0. The van der Waals surface area contributed by atoms with E-state index in [-0.39, 0.29) is 33.4 Å². The summed E-state index contributed by atoms with van der Waals surface area (Å²) >= 11 is 0. The summed E-state index contributed by atoms with van der Waals surface area (Å²) in [5.74, 6) is -0.965. The lowest BCUT2D eigenvalue weighted by Crippen LogP contribution is -2.56. The average Bonchev–Trinajstić information content (AvgIpc) is 2.91. The van der Waals surface area contributed by atoms with Crippen LogP contribution in [-0.2, 0) is 48.6 Å². The molecule has 0 aromatic heterocycles. The number of aliphatic hydroxyl groups excluding tert-OH is 6. The lowest BCUT2D eigenvalue weighted by atomic mass is 9.98. The van der Waals surface area contributed by atoms with Crippen molar-refractivity contribution in [2.45, 2.75) is 51.6 Å². The van der Waals surface area contributed by atoms with Crippen LogP contribution < -0.4 is 14.7 Å². The van der Waals surface area contributed by atoms with Crippen LogP contribution in [0.1, 0.15) is 33.4 Å². The van der Waals surface area contributed by atoms with E-state index >= 15 is 0 Å². The summed E-state index contributed by atoms with van der Waals surface area (Å²) in [6.07, 6.45) is -2.50. The monoisotopic (exact) mass is 637 g/mol. The van der Waals surface area contributed by atoms with Crippen molar-refractivity contribution < 1.29 is 69.6 Å². The maximum absolute atomic E-state index is 12.0. The summed E-state index contributed by atoms with van der Waals surface area (Å²) in [6, 6.07) is 1.72. The first-order valence-corrected chi connectivity index (χ1v) is 15.9. The second kappa shape index (κ2) is 15.7. The Morgan fingerprint density at radius 2 is 1.21 bits per heavy atom. The van der Waals surface area contributed by atoms with E-state index in [9.17, 15) is 69.6 Å². The van der Waals surface area contributed by atoms with Crippen molar-refractivity contribution in [3.05, 3.63) is 57.6 Å². The predicted octanol–water partition coefficient (Wildman–Crippen LogP) is -3.53. The lowest BCUT2D eigenvalue weighted by molar-refractivity contribution is -0.316. The number of hydrogen-bond donors (Lipinski definition) is 9. The van der Waals surface area contributed by atoms with Crippen LogP contribution in [0.2, 0.25) is 0 Å². The number of nitrogens with zero attached hydrogens (tertiary/aromatic N) is 2. The van der Waals surface area contributed by atoms with E-state index < -0.39 is 104 Å². The summed E-state index contributed by atoms with van der Waals surface area (Å²) in [5.41, 5.74) is 0.176. The summed E-state index contributed by atoms with van der Waals surface area (Å²) in [6.45, 7) is -5.75. The molecule has 42 heavy (non-hydrogen) atoms. The Balaban J connectivity index is 2.67. The summed E-state index contributed by atoms with van der Waals surface area (Å²) < 4.78 is 23.9. The fourth-order valence-electron chi connectivity index (χ4n) is 4.81. The zero-order valence-electron chi connectivity index (χ0n) is 22.4. The van der Waals surface area contributed by atoms with Gasteiger partial charge in [0, 0.05) is 30.5 Å². The van der Waals surface area contributed by atoms with Gasteiger partial charge in [0.1, 0.15) is 19.1 Å². The van der Waals surface area contributed by atoms with Gasteiger partial charge in [0.2, 0.25) is 0 Å². The summed E-state index contributed by atoms with van der Waals surface area (Å²) in [4.78, 5) is 47.2. The van der Waals surface area contributed by atoms with Crippen molar-refractivity contribution in [3.8, 4) is 11.5 Å². The number of aromatic hydroxyl groups is 2. The van der Waals surface area contributed by atoms with Crippen molar-refractivity contribution in [2.75, 3.05) is 25.8 Å². The average molecular weight is 637 g/mol. The van der Waals surface area contributed by atoms with Gasteiger partial charge in [-0.05, 0) is 34.4 Å². The van der Waals surface area contributed by atoms with E-state index in [0.29, 0.717) is 0 Å². The highest BCUT2D eigenvalue weighted by atomic mass is 31.2. The van der Waals surface area contributed by atoms with Crippen molar-refractivity contribution in [2.24, 2.45) is 0 Å². The van der Waals surface area contributed by atoms with Crippen LogP contribution in [0, 0.1) is 0 Å². The maximum Gasteiger partial charge on any atom is 0.146 e. The van der Waals surface area contributed by atoms with E-state index in [1.807, 2.05) is 0 Å². The van der Waals surface area contributed by atoms with Crippen molar-refractivity contribution in [1.29, 1.82) is 0 Å². The Morgan fingerprint density at radius 1 is 0.667 bits per heavy atom. The van der Waals surface area contributed by atoms with Crippen LogP contribution >= 0.6 is 15.2 Å². The highest BCUT2D eigenvalue weighted by Crippen LogP contribution is 2.37. The van der Waals surface area contributed by atoms with Gasteiger partial charge in [0.15, 0.2) is 0 Å². The molecule has 0 bridgehead atoms. The lowest BCUT2D eigenvalue weighted by Gasteiger charge is -2.45. The Kier molecular flexibility index (Phi) is 13.5. The smallest absolute Gasteiger partial charge is 0.146 e. The van der Waals surface area contributed by atoms with E-state index in [1.165, 1.54) is 12.1 Å². The van der Waals surface area contributed by atoms with E-state index in [2.05, 4.69) is 0 Å². The van der Waals surface area contributed by atoms with Crippen molar-refractivity contribution in [3.63, 3.8) is 0 Å². The zero-order chi connectivity index (χ0) is 31.8. The van der Waals surface area contributed by atoms with Crippen LogP contribution in [0.4, 0.5) is 0 Å². The first-order chi connectivity index (χ1) is 19.6. The van der Waals surface area contributed by atoms with E-state index in [4.69, 9.17) is 0 Å². The van der Waals surface area contributed by atoms with Crippen LogP contribution in [0.5, 0.6) is 11.5 Å². The first-order valence-electron chi connectivity index (χ1n) is 12.5. The van der Waals surface area contributed by atoms with Gasteiger partial charge < -0.3 is 69.6 Å². The molecule has 16 nitrogen and oxygen atoms in total. The second-order valence-electron chi connectivity index (χ2n) is 9.61. The molecule has 0 aliphatic heterocycles. The summed E-state index contributed by atoms with van der Waals surface area (Å²) in [5, 5.41) is 80.5. The van der Waals surface area contributed by atoms with Gasteiger partial charge >= 0.3 is 0 Å². The van der Waals surface area contributed by atoms with Gasteiger partial charge in [-0.1, -0.05) is 19.7 Å². The number of rotatable bonds is 17. The van der Waals surface area contributed by atoms with Gasteiger partial charge in [-0.3, -0.25) is 9.80 Å². The molecule has 0 saturated heterocycles. The van der Waals surface area contributed by atoms with E-state index in [1.54, 1.807) is 0 Å². The molecule has 0 saturated carbocycles. The number of aliphatic hydroxyl groups is 6. The van der Waals surface area contributed by atoms with E-state index in [0.717, 1.165) is 21.9 Å². The molecule has 0 heterocycles. The molecule has 0 aliphatic rings. The number of phenols is 2. The highest BCUT2D eigenvalue weighted by Gasteiger charge is 2.35. The van der Waals surface area contributed by atoms with Crippen molar-refractivity contribution in [1.82, 2.24) is 9.80 Å². The third-order valence-corrected chi connectivity index (χ3v) is 8.19. The minimum Gasteiger partial charge on any atom is -0.810 e. The number of phenolic OH excluding ortho intramolecular Hbond substituents is 2. The Labute approximate surface area is 241 Å². The van der Waals surface area contributed by atoms with Crippen LogP contribution in [0.25, 0.3) is 0 Å². The Morgan fingerprint density at radius 3 is 1.67 bits per heavy atom. The molecule has 3 atom stereocenters. The minimum absolute atomic E-state index is 0.0101. The highest BCUT2D eigenvalue weighted by molar-refractivity contribution is 7.50. The SMILES string of the molecule is O=P([O-])([O-])CN(Cc1c(O)ccc(CO)c1CO)C(CO)C(CO)N(Cc1c(O)cc(CO)cc1CO)CP(=O)([O-])O. The molecule has 18 heteroatoms. The molecule has 0 amide bonds. The molecular weight excluding hydrogens is 602 g/mol. The molecule has 238 valence electrons. The van der Waals surface area contributed by atoms with Crippen LogP contribution in [-0.4, -0.2) is 93.4 Å². The summed E-state index contributed by atoms with van der Waals surface area (Å²) in [7, 11) is -10.6. The van der Waals surface area contributed by atoms with Crippen LogP contribution in [0.15, 0.2) is 24.3 Å². The molecular formula is C24H35N2O14P2-3.